The molecule has 1 atom stereocenters. The van der Waals surface area contributed by atoms with Gasteiger partial charge in [-0.25, -0.2) is 4.98 Å². The number of rotatable bonds is 5. The van der Waals surface area contributed by atoms with Crippen molar-refractivity contribution in [3.63, 3.8) is 0 Å². The number of hydrogen-bond donors (Lipinski definition) is 2. The highest BCUT2D eigenvalue weighted by molar-refractivity contribution is 5.93. The first-order valence-electron chi connectivity index (χ1n) is 6.61. The zero-order valence-electron chi connectivity index (χ0n) is 11.7. The average molecular weight is 273 g/mol. The first-order chi connectivity index (χ1) is 9.59. The van der Waals surface area contributed by atoms with Crippen molar-refractivity contribution in [2.75, 3.05) is 6.61 Å². The third-order valence-corrected chi connectivity index (χ3v) is 3.45. The van der Waals surface area contributed by atoms with Crippen LogP contribution in [0, 0.1) is 0 Å². The van der Waals surface area contributed by atoms with Crippen LogP contribution in [0.4, 0.5) is 0 Å². The minimum atomic E-state index is -0.622. The van der Waals surface area contributed by atoms with Crippen LogP contribution in [-0.4, -0.2) is 32.7 Å². The Bertz CT molecular complexity index is 574. The second-order valence-corrected chi connectivity index (χ2v) is 5.01. The van der Waals surface area contributed by atoms with Crippen LogP contribution in [-0.2, 0) is 0 Å². The van der Waals surface area contributed by atoms with Gasteiger partial charge in [-0.15, -0.1) is 0 Å². The van der Waals surface area contributed by atoms with Crippen molar-refractivity contribution in [2.45, 2.75) is 25.8 Å². The Morgan fingerprint density at radius 1 is 1.40 bits per heavy atom. The first kappa shape index (κ1) is 14.3. The van der Waals surface area contributed by atoms with Gasteiger partial charge in [0, 0.05) is 5.69 Å². The summed E-state index contributed by atoms with van der Waals surface area (Å²) >= 11 is 0. The standard InChI is InChI=1S/C15H19N3O2/c1-3-15(2,10-19)17-14(20)13-9-16-11-18(13)12-7-5-4-6-8-12/h4-9,11,19H,3,10H2,1-2H3,(H,17,20). The molecule has 0 aliphatic rings. The minimum absolute atomic E-state index is 0.102. The Kier molecular flexibility index (Phi) is 4.20. The van der Waals surface area contributed by atoms with Crippen molar-refractivity contribution in [1.29, 1.82) is 0 Å². The number of carbonyl (C=O) groups excluding carboxylic acids is 1. The molecule has 1 heterocycles. The Balaban J connectivity index is 2.27. The Morgan fingerprint density at radius 3 is 2.70 bits per heavy atom. The van der Waals surface area contributed by atoms with Gasteiger partial charge >= 0.3 is 0 Å². The molecule has 5 nitrogen and oxygen atoms in total. The van der Waals surface area contributed by atoms with E-state index in [-0.39, 0.29) is 12.5 Å². The molecule has 0 radical (unpaired) electrons. The van der Waals surface area contributed by atoms with Crippen LogP contribution >= 0.6 is 0 Å². The fourth-order valence-electron chi connectivity index (χ4n) is 1.84. The highest BCUT2D eigenvalue weighted by atomic mass is 16.3. The van der Waals surface area contributed by atoms with Gasteiger partial charge in [0.2, 0.25) is 0 Å². The molecule has 20 heavy (non-hydrogen) atoms. The number of amides is 1. The largest absolute Gasteiger partial charge is 0.394 e. The zero-order chi connectivity index (χ0) is 14.6. The summed E-state index contributed by atoms with van der Waals surface area (Å²) in [5.74, 6) is -0.246. The Labute approximate surface area is 118 Å². The van der Waals surface area contributed by atoms with Crippen molar-refractivity contribution < 1.29 is 9.90 Å². The molecule has 1 amide bonds. The van der Waals surface area contributed by atoms with Crippen LogP contribution in [0.2, 0.25) is 0 Å². The number of aliphatic hydroxyl groups excluding tert-OH is 1. The number of benzene rings is 1. The summed E-state index contributed by atoms with van der Waals surface area (Å²) in [5, 5.41) is 12.2. The molecule has 0 spiro atoms. The van der Waals surface area contributed by atoms with Crippen LogP contribution in [0.25, 0.3) is 5.69 Å². The normalized spacial score (nSPS) is 13.8. The van der Waals surface area contributed by atoms with E-state index in [4.69, 9.17) is 0 Å². The van der Waals surface area contributed by atoms with Crippen molar-refractivity contribution in [3.8, 4) is 5.69 Å². The van der Waals surface area contributed by atoms with Crippen LogP contribution in [0.15, 0.2) is 42.9 Å². The van der Waals surface area contributed by atoms with Gasteiger partial charge in [-0.1, -0.05) is 25.1 Å². The highest BCUT2D eigenvalue weighted by Crippen LogP contribution is 2.13. The van der Waals surface area contributed by atoms with Gasteiger partial charge < -0.3 is 10.4 Å². The average Bonchev–Trinajstić information content (AvgIpc) is 2.97. The van der Waals surface area contributed by atoms with Crippen molar-refractivity contribution in [3.05, 3.63) is 48.5 Å². The van der Waals surface area contributed by atoms with E-state index in [1.165, 1.54) is 6.20 Å². The number of imidazole rings is 1. The maximum absolute atomic E-state index is 12.4. The smallest absolute Gasteiger partial charge is 0.270 e. The molecule has 1 unspecified atom stereocenters. The number of carbonyl (C=O) groups is 1. The summed E-state index contributed by atoms with van der Waals surface area (Å²) in [6.07, 6.45) is 3.77. The maximum atomic E-state index is 12.4. The second-order valence-electron chi connectivity index (χ2n) is 5.01. The predicted molar refractivity (Wildman–Crippen MR) is 76.8 cm³/mol. The lowest BCUT2D eigenvalue weighted by Crippen LogP contribution is -2.48. The first-order valence-corrected chi connectivity index (χ1v) is 6.61. The SMILES string of the molecule is CCC(C)(CO)NC(=O)c1cncn1-c1ccccc1. The van der Waals surface area contributed by atoms with Crippen LogP contribution in [0.3, 0.4) is 0 Å². The molecule has 1 aromatic heterocycles. The molecule has 0 aliphatic carbocycles. The van der Waals surface area contributed by atoms with E-state index in [2.05, 4.69) is 10.3 Å². The van der Waals surface area contributed by atoms with Crippen LogP contribution in [0.5, 0.6) is 0 Å². The lowest BCUT2D eigenvalue weighted by Gasteiger charge is -2.27. The molecule has 0 aliphatic heterocycles. The van der Waals surface area contributed by atoms with E-state index in [9.17, 15) is 9.90 Å². The molecule has 106 valence electrons. The molecule has 2 aromatic rings. The van der Waals surface area contributed by atoms with Gasteiger partial charge in [-0.3, -0.25) is 9.36 Å². The summed E-state index contributed by atoms with van der Waals surface area (Å²) in [6, 6.07) is 9.54. The van der Waals surface area contributed by atoms with E-state index < -0.39 is 5.54 Å². The third kappa shape index (κ3) is 2.88. The monoisotopic (exact) mass is 273 g/mol. The number of nitrogens with one attached hydrogen (secondary N) is 1. The fourth-order valence-corrected chi connectivity index (χ4v) is 1.84. The van der Waals surface area contributed by atoms with Crippen molar-refractivity contribution in [1.82, 2.24) is 14.9 Å². The molecular formula is C15H19N3O2. The quantitative estimate of drug-likeness (QED) is 0.872. The van der Waals surface area contributed by atoms with Gasteiger partial charge in [0.05, 0.1) is 24.7 Å². The number of nitrogens with zero attached hydrogens (tertiary/aromatic N) is 2. The van der Waals surface area contributed by atoms with Gasteiger partial charge in [-0.2, -0.15) is 0 Å². The van der Waals surface area contributed by atoms with Gasteiger partial charge in [0.25, 0.3) is 5.91 Å². The lowest BCUT2D eigenvalue weighted by molar-refractivity contribution is 0.0840. The van der Waals surface area contributed by atoms with Crippen LogP contribution < -0.4 is 5.32 Å². The van der Waals surface area contributed by atoms with E-state index in [1.54, 1.807) is 10.9 Å². The Hall–Kier alpha value is -2.14. The van der Waals surface area contributed by atoms with Gasteiger partial charge in [-0.05, 0) is 25.5 Å². The maximum Gasteiger partial charge on any atom is 0.270 e. The summed E-state index contributed by atoms with van der Waals surface area (Å²) < 4.78 is 1.72. The summed E-state index contributed by atoms with van der Waals surface area (Å²) in [4.78, 5) is 16.4. The van der Waals surface area contributed by atoms with Crippen LogP contribution in [0.1, 0.15) is 30.8 Å². The molecular weight excluding hydrogens is 254 g/mol. The summed E-state index contributed by atoms with van der Waals surface area (Å²) in [7, 11) is 0. The third-order valence-electron chi connectivity index (χ3n) is 3.45. The zero-order valence-corrected chi connectivity index (χ0v) is 11.7. The molecule has 0 fully saturated rings. The number of hydrogen-bond acceptors (Lipinski definition) is 3. The summed E-state index contributed by atoms with van der Waals surface area (Å²) in [5.41, 5.74) is 0.699. The molecule has 1 aromatic carbocycles. The Morgan fingerprint density at radius 2 is 2.10 bits per heavy atom. The minimum Gasteiger partial charge on any atom is -0.394 e. The number of aromatic nitrogens is 2. The fraction of sp³-hybridized carbons (Fsp3) is 0.333. The van der Waals surface area contributed by atoms with E-state index in [1.807, 2.05) is 44.2 Å². The van der Waals surface area contributed by atoms with E-state index in [0.29, 0.717) is 12.1 Å². The van der Waals surface area contributed by atoms with Crippen molar-refractivity contribution in [2.24, 2.45) is 0 Å². The van der Waals surface area contributed by atoms with Crippen molar-refractivity contribution >= 4 is 5.91 Å². The molecule has 2 rings (SSSR count). The molecule has 0 bridgehead atoms. The van der Waals surface area contributed by atoms with E-state index in [0.717, 1.165) is 5.69 Å². The highest BCUT2D eigenvalue weighted by Gasteiger charge is 2.25. The second kappa shape index (κ2) is 5.88. The summed E-state index contributed by atoms with van der Waals surface area (Å²) in [6.45, 7) is 3.63. The lowest BCUT2D eigenvalue weighted by atomic mass is 10.0. The molecule has 2 N–H and O–H groups in total. The number of para-hydroxylation sites is 1. The molecule has 0 saturated heterocycles. The molecule has 5 heteroatoms. The topological polar surface area (TPSA) is 67.2 Å². The van der Waals surface area contributed by atoms with Gasteiger partial charge in [0.15, 0.2) is 0 Å². The molecule has 0 saturated carbocycles. The number of aliphatic hydroxyl groups is 1. The van der Waals surface area contributed by atoms with E-state index >= 15 is 0 Å². The predicted octanol–water partition coefficient (Wildman–Crippen LogP) is 1.76. The van der Waals surface area contributed by atoms with Gasteiger partial charge in [0.1, 0.15) is 5.69 Å².